The number of methoxy groups -OCH3 is 1. The van der Waals surface area contributed by atoms with Gasteiger partial charge in [0.05, 0.1) is 23.9 Å². The fourth-order valence-electron chi connectivity index (χ4n) is 2.31. The summed E-state index contributed by atoms with van der Waals surface area (Å²) in [6.45, 7) is 0. The van der Waals surface area contributed by atoms with Crippen LogP contribution in [0.4, 0.5) is 4.39 Å². The van der Waals surface area contributed by atoms with Crippen LogP contribution in [0.1, 0.15) is 10.4 Å². The van der Waals surface area contributed by atoms with Gasteiger partial charge in [0.25, 0.3) is 0 Å². The Balaban J connectivity index is 2.29. The molecule has 3 rings (SSSR count). The zero-order chi connectivity index (χ0) is 15.7. The van der Waals surface area contributed by atoms with E-state index in [1.807, 2.05) is 0 Å². The van der Waals surface area contributed by atoms with Gasteiger partial charge in [0, 0.05) is 17.0 Å². The summed E-state index contributed by atoms with van der Waals surface area (Å²) in [5.41, 5.74) is 1.52. The van der Waals surface area contributed by atoms with Crippen molar-refractivity contribution in [1.82, 2.24) is 4.98 Å². The number of hydrogen-bond acceptors (Lipinski definition) is 3. The molecule has 0 aliphatic rings. The Labute approximate surface area is 125 Å². The minimum Gasteiger partial charge on any atom is -0.497 e. The van der Waals surface area contributed by atoms with Crippen molar-refractivity contribution in [2.75, 3.05) is 7.11 Å². The predicted molar refractivity (Wildman–Crippen MR) is 80.6 cm³/mol. The van der Waals surface area contributed by atoms with E-state index >= 15 is 0 Å². The minimum absolute atomic E-state index is 0.118. The standard InChI is InChI=1S/C17H12FNO3/c1-22-12-5-6-13-14(17(20)21)9-15(19-16(13)8-12)10-3-2-4-11(18)7-10/h2-9H,1H3,(H,20,21). The molecule has 4 nitrogen and oxygen atoms in total. The van der Waals surface area contributed by atoms with Crippen molar-refractivity contribution in [3.63, 3.8) is 0 Å². The Morgan fingerprint density at radius 3 is 2.68 bits per heavy atom. The molecule has 1 N–H and O–H groups in total. The number of nitrogens with zero attached hydrogens (tertiary/aromatic N) is 1. The number of fused-ring (bicyclic) bond motifs is 1. The summed E-state index contributed by atoms with van der Waals surface area (Å²) in [6.07, 6.45) is 0. The molecule has 0 saturated heterocycles. The molecule has 0 aliphatic heterocycles. The molecular weight excluding hydrogens is 285 g/mol. The van der Waals surface area contributed by atoms with Gasteiger partial charge in [0.15, 0.2) is 0 Å². The second-order valence-corrected chi connectivity index (χ2v) is 4.75. The zero-order valence-electron chi connectivity index (χ0n) is 11.7. The molecule has 0 atom stereocenters. The first-order valence-electron chi connectivity index (χ1n) is 6.56. The number of aromatic nitrogens is 1. The summed E-state index contributed by atoms with van der Waals surface area (Å²) in [6, 6.07) is 12.3. The second-order valence-electron chi connectivity index (χ2n) is 4.75. The summed E-state index contributed by atoms with van der Waals surface area (Å²) >= 11 is 0. The number of benzene rings is 2. The molecule has 0 amide bonds. The number of hydrogen-bond donors (Lipinski definition) is 1. The van der Waals surface area contributed by atoms with Gasteiger partial charge in [-0.2, -0.15) is 0 Å². The highest BCUT2D eigenvalue weighted by molar-refractivity contribution is 6.04. The quantitative estimate of drug-likeness (QED) is 0.800. The Morgan fingerprint density at radius 2 is 2.00 bits per heavy atom. The molecule has 2 aromatic carbocycles. The number of carboxylic acid groups (broad SMARTS) is 1. The third-order valence-electron chi connectivity index (χ3n) is 3.37. The molecule has 0 aliphatic carbocycles. The van der Waals surface area contributed by atoms with Crippen LogP contribution in [0.3, 0.4) is 0 Å². The SMILES string of the molecule is COc1ccc2c(C(=O)O)cc(-c3cccc(F)c3)nc2c1. The van der Waals surface area contributed by atoms with Crippen LogP contribution < -0.4 is 4.74 Å². The molecule has 0 unspecified atom stereocenters. The average Bonchev–Trinajstić information content (AvgIpc) is 2.53. The topological polar surface area (TPSA) is 59.4 Å². The van der Waals surface area contributed by atoms with Crippen LogP contribution >= 0.6 is 0 Å². The van der Waals surface area contributed by atoms with Crippen molar-refractivity contribution in [3.05, 3.63) is 59.9 Å². The van der Waals surface area contributed by atoms with E-state index in [2.05, 4.69) is 4.98 Å². The van der Waals surface area contributed by atoms with E-state index in [1.54, 1.807) is 30.3 Å². The van der Waals surface area contributed by atoms with E-state index in [1.165, 1.54) is 25.3 Å². The van der Waals surface area contributed by atoms with Crippen LogP contribution in [0.15, 0.2) is 48.5 Å². The maximum Gasteiger partial charge on any atom is 0.336 e. The molecule has 5 heteroatoms. The van der Waals surface area contributed by atoms with E-state index in [9.17, 15) is 14.3 Å². The molecule has 22 heavy (non-hydrogen) atoms. The highest BCUT2D eigenvalue weighted by Crippen LogP contribution is 2.27. The van der Waals surface area contributed by atoms with Crippen molar-refractivity contribution < 1.29 is 19.0 Å². The first-order valence-corrected chi connectivity index (χ1v) is 6.56. The van der Waals surface area contributed by atoms with Gasteiger partial charge in [0.2, 0.25) is 0 Å². The van der Waals surface area contributed by atoms with Crippen molar-refractivity contribution in [2.24, 2.45) is 0 Å². The molecule has 0 spiro atoms. The molecule has 110 valence electrons. The lowest BCUT2D eigenvalue weighted by Crippen LogP contribution is -2.00. The van der Waals surface area contributed by atoms with Crippen molar-refractivity contribution in [3.8, 4) is 17.0 Å². The van der Waals surface area contributed by atoms with E-state index in [0.29, 0.717) is 27.9 Å². The third kappa shape index (κ3) is 2.48. The monoisotopic (exact) mass is 297 g/mol. The van der Waals surface area contributed by atoms with Crippen molar-refractivity contribution >= 4 is 16.9 Å². The van der Waals surface area contributed by atoms with Crippen LogP contribution in [-0.2, 0) is 0 Å². The van der Waals surface area contributed by atoms with Gasteiger partial charge in [-0.25, -0.2) is 14.2 Å². The maximum atomic E-state index is 13.4. The highest BCUT2D eigenvalue weighted by Gasteiger charge is 2.14. The van der Waals surface area contributed by atoms with Crippen LogP contribution in [0.25, 0.3) is 22.2 Å². The van der Waals surface area contributed by atoms with Gasteiger partial charge >= 0.3 is 5.97 Å². The summed E-state index contributed by atoms with van der Waals surface area (Å²) < 4.78 is 18.5. The Kier molecular flexibility index (Phi) is 3.47. The molecule has 0 saturated carbocycles. The summed E-state index contributed by atoms with van der Waals surface area (Å²) in [4.78, 5) is 15.9. The number of carbonyl (C=O) groups is 1. The molecule has 3 aromatic rings. The third-order valence-corrected chi connectivity index (χ3v) is 3.37. The Morgan fingerprint density at radius 1 is 1.18 bits per heavy atom. The fraction of sp³-hybridized carbons (Fsp3) is 0.0588. The number of ether oxygens (including phenoxy) is 1. The Hall–Kier alpha value is -2.95. The van der Waals surface area contributed by atoms with E-state index < -0.39 is 11.8 Å². The van der Waals surface area contributed by atoms with Crippen LogP contribution in [0, 0.1) is 5.82 Å². The number of aromatic carboxylic acids is 1. The van der Waals surface area contributed by atoms with Crippen molar-refractivity contribution in [1.29, 1.82) is 0 Å². The molecule has 1 aromatic heterocycles. The van der Waals surface area contributed by atoms with E-state index in [4.69, 9.17) is 4.74 Å². The normalized spacial score (nSPS) is 10.6. The van der Waals surface area contributed by atoms with Crippen LogP contribution in [0.2, 0.25) is 0 Å². The van der Waals surface area contributed by atoms with E-state index in [0.717, 1.165) is 0 Å². The van der Waals surface area contributed by atoms with Crippen LogP contribution in [-0.4, -0.2) is 23.2 Å². The number of pyridine rings is 1. The fourth-order valence-corrected chi connectivity index (χ4v) is 2.31. The number of rotatable bonds is 3. The summed E-state index contributed by atoms with van der Waals surface area (Å²) in [5, 5.41) is 9.91. The summed E-state index contributed by atoms with van der Waals surface area (Å²) in [5.74, 6) is -0.884. The van der Waals surface area contributed by atoms with Crippen LogP contribution in [0.5, 0.6) is 5.75 Å². The Bertz CT molecular complexity index is 877. The van der Waals surface area contributed by atoms with Gasteiger partial charge < -0.3 is 9.84 Å². The van der Waals surface area contributed by atoms with E-state index in [-0.39, 0.29) is 5.56 Å². The molecule has 0 bridgehead atoms. The van der Waals surface area contributed by atoms with Gasteiger partial charge in [0.1, 0.15) is 11.6 Å². The molecular formula is C17H12FNO3. The molecule has 0 fully saturated rings. The van der Waals surface area contributed by atoms with Gasteiger partial charge in [-0.1, -0.05) is 12.1 Å². The minimum atomic E-state index is -1.06. The van der Waals surface area contributed by atoms with Crippen molar-refractivity contribution in [2.45, 2.75) is 0 Å². The second kappa shape index (κ2) is 5.44. The molecule has 1 heterocycles. The zero-order valence-corrected chi connectivity index (χ0v) is 11.7. The number of halogens is 1. The first kappa shape index (κ1) is 14.0. The largest absolute Gasteiger partial charge is 0.497 e. The maximum absolute atomic E-state index is 13.4. The predicted octanol–water partition coefficient (Wildman–Crippen LogP) is 3.75. The summed E-state index contributed by atoms with van der Waals surface area (Å²) in [7, 11) is 1.52. The lowest BCUT2D eigenvalue weighted by molar-refractivity contribution is 0.0699. The highest BCUT2D eigenvalue weighted by atomic mass is 19.1. The van der Waals surface area contributed by atoms with Gasteiger partial charge in [-0.15, -0.1) is 0 Å². The molecule has 0 radical (unpaired) electrons. The smallest absolute Gasteiger partial charge is 0.336 e. The van der Waals surface area contributed by atoms with Gasteiger partial charge in [-0.3, -0.25) is 0 Å². The lowest BCUT2D eigenvalue weighted by Gasteiger charge is -2.08. The van der Waals surface area contributed by atoms with Gasteiger partial charge in [-0.05, 0) is 30.3 Å². The first-order chi connectivity index (χ1) is 10.6. The lowest BCUT2D eigenvalue weighted by atomic mass is 10.0. The average molecular weight is 297 g/mol. The number of carboxylic acids is 1.